The van der Waals surface area contributed by atoms with E-state index in [4.69, 9.17) is 10.1 Å². The highest BCUT2D eigenvalue weighted by molar-refractivity contribution is 5.95. The number of carbonyl (C=O) groups is 1. The molecule has 5 nitrogen and oxygen atoms in total. The van der Waals surface area contributed by atoms with Crippen LogP contribution in [0, 0.1) is 11.8 Å². The van der Waals surface area contributed by atoms with Crippen LogP contribution in [0.25, 0.3) is 11.1 Å². The van der Waals surface area contributed by atoms with Crippen molar-refractivity contribution < 1.29 is 9.90 Å². The molecule has 1 aromatic heterocycles. The highest BCUT2D eigenvalue weighted by Crippen LogP contribution is 2.25. The quantitative estimate of drug-likeness (QED) is 0.652. The van der Waals surface area contributed by atoms with Gasteiger partial charge in [0, 0.05) is 5.41 Å². The first-order valence-corrected chi connectivity index (χ1v) is 9.55. The van der Waals surface area contributed by atoms with Crippen molar-refractivity contribution in [1.82, 2.24) is 14.8 Å². The molecule has 0 saturated carbocycles. The summed E-state index contributed by atoms with van der Waals surface area (Å²) in [6.07, 6.45) is 0.559. The summed E-state index contributed by atoms with van der Waals surface area (Å²) in [5.74, 6) is 6.72. The third-order valence-electron chi connectivity index (χ3n) is 4.60. The fraction of sp³-hybridized carbons (Fsp3) is 0.292. The van der Waals surface area contributed by atoms with Crippen LogP contribution >= 0.6 is 0 Å². The van der Waals surface area contributed by atoms with Gasteiger partial charge in [0.2, 0.25) is 0 Å². The summed E-state index contributed by atoms with van der Waals surface area (Å²) in [4.78, 5) is 16.2. The maximum absolute atomic E-state index is 11.5. The fourth-order valence-corrected chi connectivity index (χ4v) is 3.00. The van der Waals surface area contributed by atoms with E-state index in [0.717, 1.165) is 22.8 Å². The largest absolute Gasteiger partial charge is 0.478 e. The number of benzene rings is 2. The van der Waals surface area contributed by atoms with Gasteiger partial charge in [-0.05, 0) is 29.7 Å². The summed E-state index contributed by atoms with van der Waals surface area (Å²) in [6, 6.07) is 14.9. The zero-order valence-electron chi connectivity index (χ0n) is 17.2. The van der Waals surface area contributed by atoms with Crippen molar-refractivity contribution in [2.45, 2.75) is 46.1 Å². The number of carboxylic acid groups (broad SMARTS) is 1. The second-order valence-corrected chi connectivity index (χ2v) is 7.91. The molecule has 1 N–H and O–H groups in total. The number of hydrogen-bond donors (Lipinski definition) is 1. The molecule has 29 heavy (non-hydrogen) atoms. The Morgan fingerprint density at radius 1 is 1.10 bits per heavy atom. The van der Waals surface area contributed by atoms with Crippen molar-refractivity contribution >= 4 is 5.97 Å². The minimum absolute atomic E-state index is 0.135. The molecule has 3 aromatic rings. The molecule has 0 spiro atoms. The summed E-state index contributed by atoms with van der Waals surface area (Å²) in [6.45, 7) is 8.69. The van der Waals surface area contributed by atoms with Crippen LogP contribution in [0.5, 0.6) is 0 Å². The molecule has 0 atom stereocenters. The van der Waals surface area contributed by atoms with E-state index in [2.05, 4.69) is 32.6 Å². The molecule has 0 radical (unpaired) electrons. The molecular weight excluding hydrogens is 362 g/mol. The van der Waals surface area contributed by atoms with Gasteiger partial charge in [0.1, 0.15) is 5.82 Å². The Morgan fingerprint density at radius 2 is 1.79 bits per heavy atom. The SMILES string of the molecule is CC#CCc1nc(C(C)(C)C)nn1Cc1ccc(-c2ccccc2C(=O)O)cc1. The van der Waals surface area contributed by atoms with Gasteiger partial charge in [0.25, 0.3) is 0 Å². The maximum Gasteiger partial charge on any atom is 0.336 e. The molecule has 2 aromatic carbocycles. The fourth-order valence-electron chi connectivity index (χ4n) is 3.00. The topological polar surface area (TPSA) is 68.0 Å². The van der Waals surface area contributed by atoms with Gasteiger partial charge < -0.3 is 5.11 Å². The Morgan fingerprint density at radius 3 is 2.41 bits per heavy atom. The Bertz CT molecular complexity index is 1080. The molecule has 0 aliphatic heterocycles. The van der Waals surface area contributed by atoms with Crippen LogP contribution in [0.3, 0.4) is 0 Å². The van der Waals surface area contributed by atoms with Gasteiger partial charge in [-0.15, -0.1) is 5.92 Å². The molecule has 0 saturated heterocycles. The Balaban J connectivity index is 1.89. The predicted molar refractivity (Wildman–Crippen MR) is 114 cm³/mol. The van der Waals surface area contributed by atoms with Gasteiger partial charge in [-0.3, -0.25) is 0 Å². The molecule has 0 amide bonds. The highest BCUT2D eigenvalue weighted by atomic mass is 16.4. The van der Waals surface area contributed by atoms with Crippen molar-refractivity contribution in [3.8, 4) is 23.0 Å². The van der Waals surface area contributed by atoms with E-state index >= 15 is 0 Å². The van der Waals surface area contributed by atoms with E-state index in [1.54, 1.807) is 12.1 Å². The van der Waals surface area contributed by atoms with Crippen molar-refractivity contribution in [2.75, 3.05) is 0 Å². The molecule has 0 aliphatic rings. The average molecular weight is 387 g/mol. The molecule has 5 heteroatoms. The summed E-state index contributed by atoms with van der Waals surface area (Å²) >= 11 is 0. The highest BCUT2D eigenvalue weighted by Gasteiger charge is 2.21. The first-order valence-electron chi connectivity index (χ1n) is 9.55. The van der Waals surface area contributed by atoms with Gasteiger partial charge in [-0.1, -0.05) is 69.2 Å². The maximum atomic E-state index is 11.5. The summed E-state index contributed by atoms with van der Waals surface area (Å²) in [5.41, 5.74) is 2.81. The summed E-state index contributed by atoms with van der Waals surface area (Å²) < 4.78 is 1.91. The van der Waals surface area contributed by atoms with E-state index in [1.807, 2.05) is 48.0 Å². The number of aromatic carboxylic acids is 1. The molecule has 0 fully saturated rings. The molecule has 1 heterocycles. The lowest BCUT2D eigenvalue weighted by Gasteiger charge is -2.12. The van der Waals surface area contributed by atoms with Crippen LogP contribution in [-0.4, -0.2) is 25.8 Å². The number of aromatic nitrogens is 3. The second-order valence-electron chi connectivity index (χ2n) is 7.91. The van der Waals surface area contributed by atoms with E-state index in [0.29, 0.717) is 24.1 Å². The smallest absolute Gasteiger partial charge is 0.336 e. The van der Waals surface area contributed by atoms with Crippen LogP contribution in [0.4, 0.5) is 0 Å². The van der Waals surface area contributed by atoms with Crippen LogP contribution in [0.15, 0.2) is 48.5 Å². The van der Waals surface area contributed by atoms with Crippen molar-refractivity contribution in [3.05, 3.63) is 71.3 Å². The summed E-state index contributed by atoms with van der Waals surface area (Å²) in [7, 11) is 0. The van der Waals surface area contributed by atoms with Gasteiger partial charge in [-0.2, -0.15) is 5.10 Å². The van der Waals surface area contributed by atoms with Crippen LogP contribution in [0.1, 0.15) is 55.3 Å². The number of carboxylic acids is 1. The van der Waals surface area contributed by atoms with Crippen LogP contribution < -0.4 is 0 Å². The second kappa shape index (κ2) is 8.32. The van der Waals surface area contributed by atoms with Gasteiger partial charge in [0.15, 0.2) is 5.82 Å². The standard InChI is InChI=1S/C24H25N3O2/c1-5-6-11-21-25-23(24(2,3)4)26-27(21)16-17-12-14-18(15-13-17)19-9-7-8-10-20(19)22(28)29/h7-10,12-15H,11,16H2,1-4H3,(H,28,29). The predicted octanol–water partition coefficient (Wildman–Crippen LogP) is 4.55. The van der Waals surface area contributed by atoms with Crippen LogP contribution in [0.2, 0.25) is 0 Å². The molecular formula is C24H25N3O2. The monoisotopic (exact) mass is 387 g/mol. The van der Waals surface area contributed by atoms with E-state index in [1.165, 1.54) is 0 Å². The molecule has 0 unspecified atom stereocenters. The van der Waals surface area contributed by atoms with E-state index in [-0.39, 0.29) is 5.41 Å². The van der Waals surface area contributed by atoms with Gasteiger partial charge >= 0.3 is 5.97 Å². The van der Waals surface area contributed by atoms with Crippen LogP contribution in [-0.2, 0) is 18.4 Å². The lowest BCUT2D eigenvalue weighted by Crippen LogP contribution is -2.14. The first-order chi connectivity index (χ1) is 13.8. The molecule has 148 valence electrons. The van der Waals surface area contributed by atoms with E-state index < -0.39 is 5.97 Å². The minimum Gasteiger partial charge on any atom is -0.478 e. The Kier molecular flexibility index (Phi) is 5.84. The zero-order valence-corrected chi connectivity index (χ0v) is 17.2. The van der Waals surface area contributed by atoms with E-state index in [9.17, 15) is 9.90 Å². The molecule has 0 aliphatic carbocycles. The Hall–Kier alpha value is -3.39. The zero-order chi connectivity index (χ0) is 21.0. The normalized spacial score (nSPS) is 11.0. The summed E-state index contributed by atoms with van der Waals surface area (Å²) in [5, 5.41) is 14.1. The lowest BCUT2D eigenvalue weighted by atomic mass is 9.96. The lowest BCUT2D eigenvalue weighted by molar-refractivity contribution is 0.0697. The van der Waals surface area contributed by atoms with Gasteiger partial charge in [0.05, 0.1) is 18.5 Å². The average Bonchev–Trinajstić information content (AvgIpc) is 3.10. The molecule has 3 rings (SSSR count). The number of nitrogens with zero attached hydrogens (tertiary/aromatic N) is 3. The van der Waals surface area contributed by atoms with Crippen molar-refractivity contribution in [1.29, 1.82) is 0 Å². The van der Waals surface area contributed by atoms with Crippen molar-refractivity contribution in [3.63, 3.8) is 0 Å². The number of hydrogen-bond acceptors (Lipinski definition) is 3. The van der Waals surface area contributed by atoms with Gasteiger partial charge in [-0.25, -0.2) is 14.5 Å². The first kappa shape index (κ1) is 20.3. The number of rotatable bonds is 5. The minimum atomic E-state index is -0.927. The third-order valence-corrected chi connectivity index (χ3v) is 4.60. The molecule has 0 bridgehead atoms. The Labute approximate surface area is 171 Å². The van der Waals surface area contributed by atoms with Crippen molar-refractivity contribution in [2.24, 2.45) is 0 Å². The third kappa shape index (κ3) is 4.72.